The van der Waals surface area contributed by atoms with Gasteiger partial charge in [-0.1, -0.05) is 36.4 Å². The molecule has 0 aliphatic carbocycles. The summed E-state index contributed by atoms with van der Waals surface area (Å²) in [5, 5.41) is 1.75. The van der Waals surface area contributed by atoms with Crippen molar-refractivity contribution in [2.75, 3.05) is 26.2 Å². The highest BCUT2D eigenvalue weighted by molar-refractivity contribution is 7.91. The molecular formula is C22H28N2O4S2. The van der Waals surface area contributed by atoms with Crippen molar-refractivity contribution in [1.82, 2.24) is 9.21 Å². The lowest BCUT2D eigenvalue weighted by Crippen LogP contribution is -2.50. The van der Waals surface area contributed by atoms with E-state index in [2.05, 4.69) is 12.1 Å². The predicted octanol–water partition coefficient (Wildman–Crippen LogP) is 3.36. The molecule has 1 amide bonds. The first-order valence-corrected chi connectivity index (χ1v) is 12.8. The summed E-state index contributed by atoms with van der Waals surface area (Å²) < 4.78 is 33.5. The highest BCUT2D eigenvalue weighted by atomic mass is 32.2. The van der Waals surface area contributed by atoms with Crippen molar-refractivity contribution in [2.24, 2.45) is 5.92 Å². The standard InChI is InChI=1S/C22H28N2O4S2/c25-22(20-8-4-12-24(20)30(26,27)21-9-5-15-29-21)23-13-10-19(11-14-23)17-28-16-18-6-2-1-3-7-18/h1-3,5-7,9,15,19-20H,4,8,10-14,16-17H2. The molecule has 0 saturated carbocycles. The van der Waals surface area contributed by atoms with Crippen molar-refractivity contribution in [1.29, 1.82) is 0 Å². The van der Waals surface area contributed by atoms with Crippen molar-refractivity contribution >= 4 is 27.3 Å². The van der Waals surface area contributed by atoms with Crippen LogP contribution in [0.3, 0.4) is 0 Å². The number of thiophene rings is 1. The van der Waals surface area contributed by atoms with Gasteiger partial charge in [0.1, 0.15) is 10.3 Å². The molecule has 2 fully saturated rings. The molecule has 2 aliphatic rings. The number of hydrogen-bond acceptors (Lipinski definition) is 5. The highest BCUT2D eigenvalue weighted by Gasteiger charge is 2.42. The van der Waals surface area contributed by atoms with Crippen LogP contribution in [0.4, 0.5) is 0 Å². The van der Waals surface area contributed by atoms with Crippen LogP contribution in [0.25, 0.3) is 0 Å². The molecule has 1 aromatic carbocycles. The van der Waals surface area contributed by atoms with Gasteiger partial charge in [0, 0.05) is 26.2 Å². The second kappa shape index (κ2) is 9.60. The Morgan fingerprint density at radius 1 is 1.03 bits per heavy atom. The van der Waals surface area contributed by atoms with Crippen LogP contribution in [-0.4, -0.2) is 55.8 Å². The number of hydrogen-bond donors (Lipinski definition) is 0. The first-order chi connectivity index (χ1) is 14.6. The molecule has 6 nitrogen and oxygen atoms in total. The molecule has 8 heteroatoms. The normalized spacial score (nSPS) is 21.2. The average Bonchev–Trinajstić information content (AvgIpc) is 3.47. The van der Waals surface area contributed by atoms with E-state index in [4.69, 9.17) is 4.74 Å². The first-order valence-electron chi connectivity index (χ1n) is 10.5. The maximum Gasteiger partial charge on any atom is 0.253 e. The van der Waals surface area contributed by atoms with Gasteiger partial charge in [0.05, 0.1) is 6.61 Å². The molecular weight excluding hydrogens is 420 g/mol. The second-order valence-corrected chi connectivity index (χ2v) is 11.0. The Morgan fingerprint density at radius 2 is 1.80 bits per heavy atom. The molecule has 2 aliphatic heterocycles. The topological polar surface area (TPSA) is 66.9 Å². The van der Waals surface area contributed by atoms with Crippen molar-refractivity contribution in [3.63, 3.8) is 0 Å². The quantitative estimate of drug-likeness (QED) is 0.651. The minimum absolute atomic E-state index is 0.0451. The van der Waals surface area contributed by atoms with Gasteiger partial charge in [-0.25, -0.2) is 8.42 Å². The Kier molecular flexibility index (Phi) is 6.87. The van der Waals surface area contributed by atoms with Gasteiger partial charge >= 0.3 is 0 Å². The van der Waals surface area contributed by atoms with Crippen molar-refractivity contribution in [3.05, 3.63) is 53.4 Å². The average molecular weight is 449 g/mol. The van der Waals surface area contributed by atoms with E-state index in [-0.39, 0.29) is 5.91 Å². The van der Waals surface area contributed by atoms with E-state index in [1.807, 2.05) is 23.1 Å². The number of rotatable bonds is 7. The van der Waals surface area contributed by atoms with Gasteiger partial charge in [0.25, 0.3) is 10.0 Å². The molecule has 1 unspecified atom stereocenters. The third kappa shape index (κ3) is 4.77. The zero-order valence-corrected chi connectivity index (χ0v) is 18.6. The van der Waals surface area contributed by atoms with Crippen LogP contribution in [0.5, 0.6) is 0 Å². The Bertz CT molecular complexity index is 923. The van der Waals surface area contributed by atoms with E-state index < -0.39 is 16.1 Å². The van der Waals surface area contributed by atoms with Crippen LogP contribution >= 0.6 is 11.3 Å². The van der Waals surface area contributed by atoms with Crippen molar-refractivity contribution in [2.45, 2.75) is 42.5 Å². The number of ether oxygens (including phenoxy) is 1. The van der Waals surface area contributed by atoms with E-state index in [1.165, 1.54) is 21.2 Å². The van der Waals surface area contributed by atoms with Crippen LogP contribution in [0.1, 0.15) is 31.2 Å². The van der Waals surface area contributed by atoms with Gasteiger partial charge in [0.15, 0.2) is 0 Å². The molecule has 3 heterocycles. The molecule has 0 spiro atoms. The Hall–Kier alpha value is -1.74. The number of piperidine rings is 1. The van der Waals surface area contributed by atoms with Gasteiger partial charge in [-0.05, 0) is 48.6 Å². The lowest BCUT2D eigenvalue weighted by molar-refractivity contribution is -0.136. The largest absolute Gasteiger partial charge is 0.376 e. The number of amides is 1. The number of sulfonamides is 1. The number of carbonyl (C=O) groups is 1. The summed E-state index contributed by atoms with van der Waals surface area (Å²) in [6.45, 7) is 3.06. The highest BCUT2D eigenvalue weighted by Crippen LogP contribution is 2.30. The third-order valence-electron chi connectivity index (χ3n) is 5.94. The Labute approximate surface area is 182 Å². The fourth-order valence-corrected chi connectivity index (χ4v) is 7.02. The molecule has 2 aromatic rings. The van der Waals surface area contributed by atoms with Crippen molar-refractivity contribution in [3.8, 4) is 0 Å². The lowest BCUT2D eigenvalue weighted by Gasteiger charge is -2.35. The smallest absolute Gasteiger partial charge is 0.253 e. The van der Waals surface area contributed by atoms with Gasteiger partial charge in [-0.2, -0.15) is 4.31 Å². The molecule has 0 bridgehead atoms. The van der Waals surface area contributed by atoms with Crippen LogP contribution in [0.15, 0.2) is 52.1 Å². The van der Waals surface area contributed by atoms with E-state index in [0.717, 1.165) is 19.3 Å². The summed E-state index contributed by atoms with van der Waals surface area (Å²) in [7, 11) is -3.59. The third-order valence-corrected chi connectivity index (χ3v) is 9.22. The minimum Gasteiger partial charge on any atom is -0.376 e. The summed E-state index contributed by atoms with van der Waals surface area (Å²) in [6.07, 6.45) is 3.12. The Balaban J connectivity index is 1.28. The molecule has 1 atom stereocenters. The summed E-state index contributed by atoms with van der Waals surface area (Å²) in [6, 6.07) is 12.9. The fraction of sp³-hybridized carbons (Fsp3) is 0.500. The van der Waals surface area contributed by atoms with Crippen LogP contribution < -0.4 is 0 Å². The molecule has 0 N–H and O–H groups in total. The molecule has 0 radical (unpaired) electrons. The zero-order valence-electron chi connectivity index (χ0n) is 17.0. The van der Waals surface area contributed by atoms with Gasteiger partial charge in [0.2, 0.25) is 5.91 Å². The molecule has 2 saturated heterocycles. The molecule has 30 heavy (non-hydrogen) atoms. The lowest BCUT2D eigenvalue weighted by atomic mass is 9.97. The van der Waals surface area contributed by atoms with Crippen LogP contribution in [-0.2, 0) is 26.2 Å². The minimum atomic E-state index is -3.59. The van der Waals surface area contributed by atoms with E-state index in [0.29, 0.717) is 49.4 Å². The number of carbonyl (C=O) groups excluding carboxylic acids is 1. The summed E-state index contributed by atoms with van der Waals surface area (Å²) in [5.74, 6) is 0.392. The molecule has 1 aromatic heterocycles. The summed E-state index contributed by atoms with van der Waals surface area (Å²) in [4.78, 5) is 15.0. The number of benzene rings is 1. The van der Waals surface area contributed by atoms with E-state index in [1.54, 1.807) is 17.5 Å². The predicted molar refractivity (Wildman–Crippen MR) is 117 cm³/mol. The van der Waals surface area contributed by atoms with Gasteiger partial charge in [-0.15, -0.1) is 11.3 Å². The molecule has 162 valence electrons. The zero-order chi connectivity index (χ0) is 21.0. The fourth-order valence-electron chi connectivity index (χ4n) is 4.25. The number of likely N-dealkylation sites (tertiary alicyclic amines) is 1. The van der Waals surface area contributed by atoms with Gasteiger partial charge in [-0.3, -0.25) is 4.79 Å². The summed E-state index contributed by atoms with van der Waals surface area (Å²) in [5.41, 5.74) is 1.17. The van der Waals surface area contributed by atoms with Crippen LogP contribution in [0, 0.1) is 5.92 Å². The van der Waals surface area contributed by atoms with Crippen molar-refractivity contribution < 1.29 is 17.9 Å². The van der Waals surface area contributed by atoms with Crippen LogP contribution in [0.2, 0.25) is 0 Å². The Morgan fingerprint density at radius 3 is 2.50 bits per heavy atom. The summed E-state index contributed by atoms with van der Waals surface area (Å²) >= 11 is 1.20. The maximum absolute atomic E-state index is 13.1. The SMILES string of the molecule is O=C(C1CCCN1S(=O)(=O)c1cccs1)N1CCC(COCc2ccccc2)CC1. The molecule has 4 rings (SSSR count). The first kappa shape index (κ1) is 21.5. The van der Waals surface area contributed by atoms with E-state index in [9.17, 15) is 13.2 Å². The second-order valence-electron chi connectivity index (χ2n) is 7.98. The van der Waals surface area contributed by atoms with E-state index >= 15 is 0 Å². The maximum atomic E-state index is 13.1. The van der Waals surface area contributed by atoms with Gasteiger partial charge < -0.3 is 9.64 Å². The monoisotopic (exact) mass is 448 g/mol. The number of nitrogens with zero attached hydrogens (tertiary/aromatic N) is 2.